The van der Waals surface area contributed by atoms with Crippen LogP contribution in [0.1, 0.15) is 24.3 Å². The van der Waals surface area contributed by atoms with E-state index in [2.05, 4.69) is 5.32 Å². The number of aliphatic hydroxyl groups excluding tert-OH is 1. The Bertz CT molecular complexity index is 1360. The van der Waals surface area contributed by atoms with Gasteiger partial charge >= 0.3 is 0 Å². The highest BCUT2D eigenvalue weighted by molar-refractivity contribution is 6.51. The van der Waals surface area contributed by atoms with Crippen LogP contribution in [0.2, 0.25) is 0 Å². The van der Waals surface area contributed by atoms with Crippen molar-refractivity contribution in [2.75, 3.05) is 35.3 Å². The SMILES string of the molecule is CC(=O)Nc1cccc(N2C(=O)C(=O)/C(=C(\O)c3ccc4c(c3)N(C)CCO4)C2c2ccco2)c1. The van der Waals surface area contributed by atoms with Crippen LogP contribution in [-0.4, -0.2) is 42.9 Å². The van der Waals surface area contributed by atoms with Crippen molar-refractivity contribution < 1.29 is 28.6 Å². The Labute approximate surface area is 201 Å². The lowest BCUT2D eigenvalue weighted by molar-refractivity contribution is -0.132. The van der Waals surface area contributed by atoms with Gasteiger partial charge in [0.15, 0.2) is 0 Å². The molecule has 2 aromatic carbocycles. The van der Waals surface area contributed by atoms with Gasteiger partial charge in [0.25, 0.3) is 11.7 Å². The smallest absolute Gasteiger partial charge is 0.300 e. The molecule has 35 heavy (non-hydrogen) atoms. The Morgan fingerprint density at radius 2 is 1.94 bits per heavy atom. The van der Waals surface area contributed by atoms with Crippen LogP contribution in [0.4, 0.5) is 17.1 Å². The Morgan fingerprint density at radius 3 is 2.69 bits per heavy atom. The molecule has 0 aliphatic carbocycles. The third-order valence-corrected chi connectivity index (χ3v) is 6.03. The monoisotopic (exact) mass is 473 g/mol. The van der Waals surface area contributed by atoms with E-state index in [-0.39, 0.29) is 17.2 Å². The summed E-state index contributed by atoms with van der Waals surface area (Å²) >= 11 is 0. The van der Waals surface area contributed by atoms with Gasteiger partial charge in [-0.3, -0.25) is 19.3 Å². The predicted octanol–water partition coefficient (Wildman–Crippen LogP) is 3.69. The topological polar surface area (TPSA) is 112 Å². The minimum Gasteiger partial charge on any atom is -0.507 e. The number of fused-ring (bicyclic) bond motifs is 1. The highest BCUT2D eigenvalue weighted by atomic mass is 16.5. The Balaban J connectivity index is 1.65. The maximum Gasteiger partial charge on any atom is 0.300 e. The summed E-state index contributed by atoms with van der Waals surface area (Å²) in [4.78, 5) is 41.3. The zero-order chi connectivity index (χ0) is 24.7. The van der Waals surface area contributed by atoms with Gasteiger partial charge in [-0.05, 0) is 48.5 Å². The molecule has 1 aromatic heterocycles. The first-order valence-corrected chi connectivity index (χ1v) is 11.1. The fourth-order valence-electron chi connectivity index (χ4n) is 4.41. The number of likely N-dealkylation sites (N-methyl/N-ethyl adjacent to an activating group) is 1. The van der Waals surface area contributed by atoms with Crippen LogP contribution in [0, 0.1) is 0 Å². The molecule has 2 aliphatic heterocycles. The molecule has 9 heteroatoms. The first-order valence-electron chi connectivity index (χ1n) is 11.1. The summed E-state index contributed by atoms with van der Waals surface area (Å²) in [6.45, 7) is 2.61. The molecule has 0 saturated carbocycles. The summed E-state index contributed by atoms with van der Waals surface area (Å²) in [5, 5.41) is 14.0. The van der Waals surface area contributed by atoms with Crippen molar-refractivity contribution in [3.63, 3.8) is 0 Å². The molecule has 0 bridgehead atoms. The van der Waals surface area contributed by atoms with Crippen molar-refractivity contribution in [1.29, 1.82) is 0 Å². The van der Waals surface area contributed by atoms with Gasteiger partial charge in [0, 0.05) is 30.9 Å². The average molecular weight is 473 g/mol. The Morgan fingerprint density at radius 1 is 1.11 bits per heavy atom. The Hall–Kier alpha value is -4.53. The van der Waals surface area contributed by atoms with E-state index in [1.807, 2.05) is 11.9 Å². The number of hydrogen-bond acceptors (Lipinski definition) is 7. The van der Waals surface area contributed by atoms with Gasteiger partial charge < -0.3 is 24.5 Å². The number of hydrogen-bond donors (Lipinski definition) is 2. The minimum absolute atomic E-state index is 0.0887. The number of benzene rings is 2. The number of carbonyl (C=O) groups is 3. The molecule has 1 saturated heterocycles. The number of furan rings is 1. The van der Waals surface area contributed by atoms with Crippen molar-refractivity contribution in [3.8, 4) is 5.75 Å². The van der Waals surface area contributed by atoms with Crippen molar-refractivity contribution in [3.05, 3.63) is 77.8 Å². The second-order valence-corrected chi connectivity index (χ2v) is 8.37. The Kier molecular flexibility index (Phi) is 5.52. The summed E-state index contributed by atoms with van der Waals surface area (Å²) in [5.74, 6) is -1.25. The number of anilines is 3. The lowest BCUT2D eigenvalue weighted by atomic mass is 9.98. The number of nitrogens with zero attached hydrogens (tertiary/aromatic N) is 2. The molecule has 9 nitrogen and oxygen atoms in total. The lowest BCUT2D eigenvalue weighted by Crippen LogP contribution is -2.29. The number of ketones is 1. The highest BCUT2D eigenvalue weighted by Crippen LogP contribution is 2.43. The van der Waals surface area contributed by atoms with E-state index >= 15 is 0 Å². The first kappa shape index (κ1) is 22.3. The van der Waals surface area contributed by atoms with E-state index in [1.165, 1.54) is 18.1 Å². The number of aliphatic hydroxyl groups is 1. The maximum atomic E-state index is 13.3. The summed E-state index contributed by atoms with van der Waals surface area (Å²) < 4.78 is 11.3. The van der Waals surface area contributed by atoms with Crippen LogP contribution < -0.4 is 19.9 Å². The average Bonchev–Trinajstić information content (AvgIpc) is 3.45. The van der Waals surface area contributed by atoms with Crippen LogP contribution in [0.25, 0.3) is 5.76 Å². The van der Waals surface area contributed by atoms with Crippen molar-refractivity contribution in [2.45, 2.75) is 13.0 Å². The lowest BCUT2D eigenvalue weighted by Gasteiger charge is -2.28. The molecule has 3 heterocycles. The summed E-state index contributed by atoms with van der Waals surface area (Å²) in [7, 11) is 1.91. The fraction of sp³-hybridized carbons (Fsp3) is 0.192. The molecule has 1 fully saturated rings. The largest absolute Gasteiger partial charge is 0.507 e. The maximum absolute atomic E-state index is 13.3. The van der Waals surface area contributed by atoms with Crippen LogP contribution in [0.5, 0.6) is 5.75 Å². The summed E-state index contributed by atoms with van der Waals surface area (Å²) in [5.41, 5.74) is 1.90. The van der Waals surface area contributed by atoms with E-state index in [0.717, 1.165) is 5.69 Å². The third-order valence-electron chi connectivity index (χ3n) is 6.03. The number of nitrogens with one attached hydrogen (secondary N) is 1. The number of ether oxygens (including phenoxy) is 1. The molecule has 3 aromatic rings. The highest BCUT2D eigenvalue weighted by Gasteiger charge is 2.48. The quantitative estimate of drug-likeness (QED) is 0.338. The molecule has 0 radical (unpaired) electrons. The van der Waals surface area contributed by atoms with Crippen LogP contribution in [-0.2, 0) is 14.4 Å². The third kappa shape index (κ3) is 3.90. The summed E-state index contributed by atoms with van der Waals surface area (Å²) in [6, 6.07) is 14.0. The number of rotatable bonds is 4. The minimum atomic E-state index is -0.998. The molecular formula is C26H23N3O6. The molecule has 1 atom stereocenters. The fourth-order valence-corrected chi connectivity index (χ4v) is 4.41. The van der Waals surface area contributed by atoms with E-state index in [9.17, 15) is 19.5 Å². The molecule has 2 aliphatic rings. The normalized spacial score (nSPS) is 18.9. The van der Waals surface area contributed by atoms with E-state index in [4.69, 9.17) is 9.15 Å². The van der Waals surface area contributed by atoms with Gasteiger partial charge in [-0.1, -0.05) is 6.07 Å². The second kappa shape index (κ2) is 8.68. The van der Waals surface area contributed by atoms with Gasteiger partial charge in [-0.25, -0.2) is 0 Å². The number of amides is 2. The van der Waals surface area contributed by atoms with Gasteiger partial charge in [0.05, 0.1) is 24.1 Å². The number of Topliss-reactive ketones (excluding diaryl/α,β-unsaturated/α-hetero) is 1. The van der Waals surface area contributed by atoms with Crippen molar-refractivity contribution >= 4 is 40.4 Å². The second-order valence-electron chi connectivity index (χ2n) is 8.37. The van der Waals surface area contributed by atoms with Crippen LogP contribution in [0.3, 0.4) is 0 Å². The number of carbonyl (C=O) groups excluding carboxylic acids is 3. The molecule has 5 rings (SSSR count). The van der Waals surface area contributed by atoms with Crippen molar-refractivity contribution in [2.24, 2.45) is 0 Å². The van der Waals surface area contributed by atoms with E-state index in [1.54, 1.807) is 54.6 Å². The van der Waals surface area contributed by atoms with E-state index < -0.39 is 17.7 Å². The van der Waals surface area contributed by atoms with Crippen LogP contribution in [0.15, 0.2) is 70.9 Å². The van der Waals surface area contributed by atoms with E-state index in [0.29, 0.717) is 41.6 Å². The molecular weight excluding hydrogens is 450 g/mol. The molecule has 178 valence electrons. The van der Waals surface area contributed by atoms with Crippen molar-refractivity contribution in [1.82, 2.24) is 0 Å². The van der Waals surface area contributed by atoms with Gasteiger partial charge in [0.1, 0.15) is 29.9 Å². The molecule has 2 amide bonds. The zero-order valence-corrected chi connectivity index (χ0v) is 19.1. The van der Waals surface area contributed by atoms with Gasteiger partial charge in [-0.2, -0.15) is 0 Å². The predicted molar refractivity (Wildman–Crippen MR) is 129 cm³/mol. The zero-order valence-electron chi connectivity index (χ0n) is 19.1. The molecule has 0 spiro atoms. The molecule has 1 unspecified atom stereocenters. The standard InChI is InChI=1S/C26H23N3O6/c1-15(30)27-17-5-3-6-18(14-17)29-23(21-7-4-11-34-21)22(25(32)26(29)33)24(31)16-8-9-20-19(13-16)28(2)10-12-35-20/h3-9,11,13-14,23,31H,10,12H2,1-2H3,(H,27,30)/b24-22-. The molecule has 2 N–H and O–H groups in total. The first-order chi connectivity index (χ1) is 16.8. The van der Waals surface area contributed by atoms with Crippen LogP contribution >= 0.6 is 0 Å². The van der Waals surface area contributed by atoms with Gasteiger partial charge in [-0.15, -0.1) is 0 Å². The summed E-state index contributed by atoms with van der Waals surface area (Å²) in [6.07, 6.45) is 1.44. The van der Waals surface area contributed by atoms with Gasteiger partial charge in [0.2, 0.25) is 5.91 Å².